The molecule has 0 saturated heterocycles. The van der Waals surface area contributed by atoms with Crippen molar-refractivity contribution in [2.45, 2.75) is 26.2 Å². The Morgan fingerprint density at radius 2 is 1.82 bits per heavy atom. The molecule has 4 N–H and O–H groups in total. The van der Waals surface area contributed by atoms with Crippen LogP contribution >= 0.6 is 12.4 Å². The van der Waals surface area contributed by atoms with Crippen LogP contribution in [0.25, 0.3) is 0 Å². The smallest absolute Gasteiger partial charge is 0.251 e. The van der Waals surface area contributed by atoms with Gasteiger partial charge in [-0.3, -0.25) is 9.52 Å². The SMILES string of the molecule is CCCS(=O)(=O)Nc1ccc(C(=O)NCCCCN)cc1.Cl. The summed E-state index contributed by atoms with van der Waals surface area (Å²) < 4.78 is 25.7. The molecule has 1 rings (SSSR count). The number of nitrogens with one attached hydrogen (secondary N) is 2. The van der Waals surface area contributed by atoms with E-state index in [2.05, 4.69) is 10.0 Å². The number of rotatable bonds is 9. The van der Waals surface area contributed by atoms with Crippen LogP contribution in [0.5, 0.6) is 0 Å². The van der Waals surface area contributed by atoms with Gasteiger partial charge in [0, 0.05) is 17.8 Å². The quantitative estimate of drug-likeness (QED) is 0.591. The second kappa shape index (κ2) is 10.4. The van der Waals surface area contributed by atoms with Crippen LogP contribution in [0.2, 0.25) is 0 Å². The van der Waals surface area contributed by atoms with Gasteiger partial charge in [-0.2, -0.15) is 0 Å². The summed E-state index contributed by atoms with van der Waals surface area (Å²) in [6.07, 6.45) is 2.27. The number of carbonyl (C=O) groups excluding carboxylic acids is 1. The number of sulfonamides is 1. The fraction of sp³-hybridized carbons (Fsp3) is 0.500. The van der Waals surface area contributed by atoms with Gasteiger partial charge in [-0.15, -0.1) is 12.4 Å². The molecular weight excluding hydrogens is 326 g/mol. The number of benzene rings is 1. The summed E-state index contributed by atoms with van der Waals surface area (Å²) in [5.74, 6) is -0.0916. The Morgan fingerprint density at radius 1 is 1.18 bits per heavy atom. The molecule has 126 valence electrons. The summed E-state index contributed by atoms with van der Waals surface area (Å²) in [6, 6.07) is 6.37. The van der Waals surface area contributed by atoms with Crippen molar-refractivity contribution in [3.8, 4) is 0 Å². The molecule has 0 radical (unpaired) electrons. The van der Waals surface area contributed by atoms with Gasteiger partial charge in [-0.1, -0.05) is 6.92 Å². The van der Waals surface area contributed by atoms with Gasteiger partial charge in [0.25, 0.3) is 5.91 Å². The zero-order valence-corrected chi connectivity index (χ0v) is 14.3. The summed E-state index contributed by atoms with van der Waals surface area (Å²) in [6.45, 7) is 3.00. The van der Waals surface area contributed by atoms with Gasteiger partial charge in [0.2, 0.25) is 10.0 Å². The zero-order valence-electron chi connectivity index (χ0n) is 12.7. The van der Waals surface area contributed by atoms with E-state index < -0.39 is 10.0 Å². The molecular formula is C14H24ClN3O3S. The summed E-state index contributed by atoms with van der Waals surface area (Å²) >= 11 is 0. The van der Waals surface area contributed by atoms with Gasteiger partial charge in [0.05, 0.1) is 5.75 Å². The lowest BCUT2D eigenvalue weighted by atomic mass is 10.2. The topological polar surface area (TPSA) is 101 Å². The van der Waals surface area contributed by atoms with E-state index in [1.54, 1.807) is 31.2 Å². The number of amides is 1. The fourth-order valence-electron chi connectivity index (χ4n) is 1.76. The van der Waals surface area contributed by atoms with Crippen LogP contribution in [-0.2, 0) is 10.0 Å². The first-order chi connectivity index (χ1) is 9.98. The summed E-state index contributed by atoms with van der Waals surface area (Å²) in [5.41, 5.74) is 6.34. The molecule has 1 amide bonds. The maximum absolute atomic E-state index is 11.8. The number of unbranched alkanes of at least 4 members (excludes halogenated alkanes) is 1. The molecule has 0 aromatic heterocycles. The first kappa shape index (κ1) is 20.7. The summed E-state index contributed by atoms with van der Waals surface area (Å²) in [5, 5.41) is 2.79. The molecule has 0 atom stereocenters. The zero-order chi connectivity index (χ0) is 15.7. The molecule has 0 aliphatic rings. The first-order valence-electron chi connectivity index (χ1n) is 7.07. The van der Waals surface area contributed by atoms with E-state index >= 15 is 0 Å². The normalized spacial score (nSPS) is 10.6. The average Bonchev–Trinajstić information content (AvgIpc) is 2.43. The Bertz CT molecular complexity index is 547. The second-order valence-electron chi connectivity index (χ2n) is 4.75. The maximum Gasteiger partial charge on any atom is 0.251 e. The third-order valence-corrected chi connectivity index (χ3v) is 4.30. The predicted molar refractivity (Wildman–Crippen MR) is 92.0 cm³/mol. The van der Waals surface area contributed by atoms with Crippen LogP contribution < -0.4 is 15.8 Å². The van der Waals surface area contributed by atoms with Gasteiger partial charge in [-0.25, -0.2) is 8.42 Å². The van der Waals surface area contributed by atoms with Gasteiger partial charge in [0.15, 0.2) is 0 Å². The largest absolute Gasteiger partial charge is 0.352 e. The molecule has 0 aliphatic heterocycles. The number of hydrogen-bond acceptors (Lipinski definition) is 4. The maximum atomic E-state index is 11.8. The molecule has 0 unspecified atom stereocenters. The molecule has 0 bridgehead atoms. The van der Waals surface area contributed by atoms with Crippen molar-refractivity contribution in [3.63, 3.8) is 0 Å². The Morgan fingerprint density at radius 3 is 2.36 bits per heavy atom. The Labute approximate surface area is 138 Å². The van der Waals surface area contributed by atoms with E-state index in [0.29, 0.717) is 30.8 Å². The number of nitrogens with two attached hydrogens (primary N) is 1. The summed E-state index contributed by atoms with van der Waals surface area (Å²) in [4.78, 5) is 11.8. The van der Waals surface area contributed by atoms with E-state index in [-0.39, 0.29) is 24.1 Å². The van der Waals surface area contributed by atoms with Gasteiger partial charge >= 0.3 is 0 Å². The second-order valence-corrected chi connectivity index (χ2v) is 6.59. The Hall–Kier alpha value is -1.31. The van der Waals surface area contributed by atoms with Gasteiger partial charge < -0.3 is 11.1 Å². The Balaban J connectivity index is 0.00000441. The number of anilines is 1. The minimum absolute atomic E-state index is 0. The minimum Gasteiger partial charge on any atom is -0.352 e. The highest BCUT2D eigenvalue weighted by Crippen LogP contribution is 2.12. The van der Waals surface area contributed by atoms with E-state index in [4.69, 9.17) is 5.73 Å². The minimum atomic E-state index is -3.30. The van der Waals surface area contributed by atoms with E-state index in [0.717, 1.165) is 12.8 Å². The van der Waals surface area contributed by atoms with Crippen molar-refractivity contribution < 1.29 is 13.2 Å². The van der Waals surface area contributed by atoms with Crippen molar-refractivity contribution in [2.24, 2.45) is 5.73 Å². The van der Waals surface area contributed by atoms with Crippen molar-refractivity contribution in [1.29, 1.82) is 0 Å². The third-order valence-electron chi connectivity index (χ3n) is 2.81. The number of halogens is 1. The van der Waals surface area contributed by atoms with E-state index in [1.807, 2.05) is 0 Å². The highest BCUT2D eigenvalue weighted by molar-refractivity contribution is 7.92. The van der Waals surface area contributed by atoms with Crippen molar-refractivity contribution in [1.82, 2.24) is 5.32 Å². The van der Waals surface area contributed by atoms with Crippen LogP contribution in [0.4, 0.5) is 5.69 Å². The monoisotopic (exact) mass is 349 g/mol. The molecule has 6 nitrogen and oxygen atoms in total. The molecule has 22 heavy (non-hydrogen) atoms. The molecule has 0 spiro atoms. The van der Waals surface area contributed by atoms with Crippen LogP contribution in [0.3, 0.4) is 0 Å². The Kier molecular flexibility index (Phi) is 9.80. The van der Waals surface area contributed by atoms with E-state index in [1.165, 1.54) is 0 Å². The highest BCUT2D eigenvalue weighted by atomic mass is 35.5. The lowest BCUT2D eigenvalue weighted by molar-refractivity contribution is 0.0953. The molecule has 1 aromatic rings. The molecule has 0 aliphatic carbocycles. The van der Waals surface area contributed by atoms with Crippen molar-refractivity contribution in [2.75, 3.05) is 23.6 Å². The van der Waals surface area contributed by atoms with E-state index in [9.17, 15) is 13.2 Å². The molecule has 1 aromatic carbocycles. The highest BCUT2D eigenvalue weighted by Gasteiger charge is 2.09. The standard InChI is InChI=1S/C14H23N3O3S.ClH/c1-2-11-21(19,20)17-13-7-5-12(6-8-13)14(18)16-10-4-3-9-15;/h5-8,17H,2-4,9-11,15H2,1H3,(H,16,18);1H. The van der Waals surface area contributed by atoms with Crippen LogP contribution in [0.15, 0.2) is 24.3 Å². The average molecular weight is 350 g/mol. The first-order valence-corrected chi connectivity index (χ1v) is 8.72. The van der Waals surface area contributed by atoms with Gasteiger partial charge in [-0.05, 0) is 50.1 Å². The number of hydrogen-bond donors (Lipinski definition) is 3. The molecule has 8 heteroatoms. The summed E-state index contributed by atoms with van der Waals surface area (Å²) in [7, 11) is -3.30. The molecule has 0 fully saturated rings. The number of carbonyl (C=O) groups is 1. The predicted octanol–water partition coefficient (Wildman–Crippen LogP) is 1.73. The lowest BCUT2D eigenvalue weighted by Crippen LogP contribution is -2.24. The van der Waals surface area contributed by atoms with Crippen LogP contribution in [0, 0.1) is 0 Å². The van der Waals surface area contributed by atoms with Crippen LogP contribution in [0.1, 0.15) is 36.5 Å². The molecule has 0 saturated carbocycles. The fourth-order valence-corrected chi connectivity index (χ4v) is 2.90. The van der Waals surface area contributed by atoms with Crippen molar-refractivity contribution >= 4 is 34.0 Å². The lowest BCUT2D eigenvalue weighted by Gasteiger charge is -2.08. The third kappa shape index (κ3) is 7.63. The van der Waals surface area contributed by atoms with Gasteiger partial charge in [0.1, 0.15) is 0 Å². The van der Waals surface area contributed by atoms with Crippen molar-refractivity contribution in [3.05, 3.63) is 29.8 Å². The van der Waals surface area contributed by atoms with Crippen LogP contribution in [-0.4, -0.2) is 33.2 Å². The molecule has 0 heterocycles.